The first kappa shape index (κ1) is 13.2. The van der Waals surface area contributed by atoms with Crippen molar-refractivity contribution >= 4 is 34.9 Å². The van der Waals surface area contributed by atoms with Gasteiger partial charge in [-0.1, -0.05) is 11.6 Å². The first-order chi connectivity index (χ1) is 8.56. The van der Waals surface area contributed by atoms with Crippen molar-refractivity contribution in [1.29, 1.82) is 0 Å². The van der Waals surface area contributed by atoms with Crippen LogP contribution in [0.4, 0.5) is 4.79 Å². The zero-order chi connectivity index (χ0) is 13.1. The molecule has 2 rings (SSSR count). The van der Waals surface area contributed by atoms with Crippen LogP contribution in [0, 0.1) is 5.92 Å². The molecule has 1 atom stereocenters. The number of hydrogen-bond donors (Lipinski definition) is 3. The Labute approximate surface area is 113 Å². The van der Waals surface area contributed by atoms with Crippen LogP contribution in [0.25, 0.3) is 0 Å². The van der Waals surface area contributed by atoms with E-state index in [1.54, 1.807) is 6.07 Å². The molecule has 0 saturated heterocycles. The summed E-state index contributed by atoms with van der Waals surface area (Å²) in [7, 11) is 0. The van der Waals surface area contributed by atoms with Gasteiger partial charge >= 0.3 is 12.0 Å². The molecule has 5 nitrogen and oxygen atoms in total. The summed E-state index contributed by atoms with van der Waals surface area (Å²) in [6.07, 6.45) is 1.72. The second-order valence-corrected chi connectivity index (χ2v) is 5.99. The van der Waals surface area contributed by atoms with Gasteiger partial charge in [-0.2, -0.15) is 0 Å². The van der Waals surface area contributed by atoms with Crippen molar-refractivity contribution in [2.24, 2.45) is 5.92 Å². The Morgan fingerprint density at radius 3 is 2.72 bits per heavy atom. The van der Waals surface area contributed by atoms with Crippen molar-refractivity contribution in [3.05, 3.63) is 21.3 Å². The molecular formula is C11H13ClN2O3S. The number of halogens is 1. The van der Waals surface area contributed by atoms with Gasteiger partial charge in [-0.3, -0.25) is 0 Å². The summed E-state index contributed by atoms with van der Waals surface area (Å²) in [5.74, 6) is -0.906. The number of urea groups is 1. The number of amides is 2. The maximum absolute atomic E-state index is 11.6. The number of hydrogen-bond acceptors (Lipinski definition) is 3. The highest BCUT2D eigenvalue weighted by Crippen LogP contribution is 2.32. The smallest absolute Gasteiger partial charge is 0.326 e. The minimum atomic E-state index is -0.980. The molecule has 0 radical (unpaired) electrons. The Morgan fingerprint density at radius 1 is 1.50 bits per heavy atom. The summed E-state index contributed by atoms with van der Waals surface area (Å²) in [6, 6.07) is 2.34. The first-order valence-corrected chi connectivity index (χ1v) is 6.77. The highest BCUT2D eigenvalue weighted by molar-refractivity contribution is 7.16. The molecule has 1 unspecified atom stereocenters. The molecule has 18 heavy (non-hydrogen) atoms. The van der Waals surface area contributed by atoms with Crippen LogP contribution in [0.3, 0.4) is 0 Å². The highest BCUT2D eigenvalue weighted by Gasteiger charge is 2.37. The molecule has 1 aliphatic rings. The van der Waals surface area contributed by atoms with Gasteiger partial charge in [-0.25, -0.2) is 9.59 Å². The summed E-state index contributed by atoms with van der Waals surface area (Å²) < 4.78 is 0.661. The summed E-state index contributed by atoms with van der Waals surface area (Å²) >= 11 is 7.14. The molecular weight excluding hydrogens is 276 g/mol. The van der Waals surface area contributed by atoms with E-state index in [2.05, 4.69) is 10.6 Å². The van der Waals surface area contributed by atoms with E-state index < -0.39 is 18.0 Å². The minimum absolute atomic E-state index is 0.0735. The Hall–Kier alpha value is -1.27. The molecule has 1 aromatic heterocycles. The first-order valence-electron chi connectivity index (χ1n) is 5.57. The number of thiophene rings is 1. The quantitative estimate of drug-likeness (QED) is 0.776. The zero-order valence-electron chi connectivity index (χ0n) is 9.48. The highest BCUT2D eigenvalue weighted by atomic mass is 35.5. The molecule has 7 heteroatoms. The van der Waals surface area contributed by atoms with Crippen LogP contribution in [0.5, 0.6) is 0 Å². The molecule has 1 heterocycles. The zero-order valence-corrected chi connectivity index (χ0v) is 11.1. The van der Waals surface area contributed by atoms with Gasteiger partial charge in [0.2, 0.25) is 0 Å². The molecule has 0 aromatic carbocycles. The van der Waals surface area contributed by atoms with Crippen LogP contribution in [-0.4, -0.2) is 23.1 Å². The average Bonchev–Trinajstić information content (AvgIpc) is 3.06. The molecule has 0 spiro atoms. The van der Waals surface area contributed by atoms with E-state index in [0.29, 0.717) is 10.9 Å². The van der Waals surface area contributed by atoms with E-state index in [4.69, 9.17) is 16.7 Å². The fourth-order valence-corrected chi connectivity index (χ4v) is 2.64. The van der Waals surface area contributed by atoms with Crippen molar-refractivity contribution in [1.82, 2.24) is 10.6 Å². The number of rotatable bonds is 5. The van der Waals surface area contributed by atoms with Crippen LogP contribution < -0.4 is 10.6 Å². The number of carbonyl (C=O) groups is 2. The third-order valence-electron chi connectivity index (χ3n) is 2.70. The Kier molecular flexibility index (Phi) is 4.08. The van der Waals surface area contributed by atoms with Gasteiger partial charge < -0.3 is 15.7 Å². The van der Waals surface area contributed by atoms with Crippen LogP contribution >= 0.6 is 22.9 Å². The van der Waals surface area contributed by atoms with E-state index >= 15 is 0 Å². The fourth-order valence-electron chi connectivity index (χ4n) is 1.62. The molecule has 0 bridgehead atoms. The Bertz CT molecular complexity index is 459. The molecule has 1 saturated carbocycles. The average molecular weight is 289 g/mol. The van der Waals surface area contributed by atoms with E-state index in [1.807, 2.05) is 6.07 Å². The van der Waals surface area contributed by atoms with Crippen LogP contribution in [0.1, 0.15) is 17.7 Å². The molecule has 2 amide bonds. The fraction of sp³-hybridized carbons (Fsp3) is 0.455. The molecule has 0 aliphatic heterocycles. The van der Waals surface area contributed by atoms with E-state index in [0.717, 1.165) is 17.7 Å². The lowest BCUT2D eigenvalue weighted by atomic mass is 10.2. The second-order valence-electron chi connectivity index (χ2n) is 4.19. The summed E-state index contributed by atoms with van der Waals surface area (Å²) in [6.45, 7) is 0.347. The third kappa shape index (κ3) is 3.61. The van der Waals surface area contributed by atoms with Gasteiger partial charge in [0.25, 0.3) is 0 Å². The summed E-state index contributed by atoms with van der Waals surface area (Å²) in [4.78, 5) is 23.4. The second kappa shape index (κ2) is 5.58. The third-order valence-corrected chi connectivity index (χ3v) is 3.93. The van der Waals surface area contributed by atoms with Crippen molar-refractivity contribution < 1.29 is 14.7 Å². The predicted octanol–water partition coefficient (Wildman–Crippen LogP) is 2.06. The number of carbonyl (C=O) groups excluding carboxylic acids is 1. The number of carboxylic acids is 1. The van der Waals surface area contributed by atoms with Gasteiger partial charge in [0.1, 0.15) is 6.04 Å². The molecule has 1 fully saturated rings. The van der Waals surface area contributed by atoms with E-state index in [-0.39, 0.29) is 5.92 Å². The van der Waals surface area contributed by atoms with Crippen molar-refractivity contribution in [2.75, 3.05) is 0 Å². The minimum Gasteiger partial charge on any atom is -0.480 e. The Balaban J connectivity index is 1.79. The normalized spacial score (nSPS) is 16.1. The molecule has 98 valence electrons. The van der Waals surface area contributed by atoms with Crippen molar-refractivity contribution in [3.8, 4) is 0 Å². The van der Waals surface area contributed by atoms with E-state index in [9.17, 15) is 9.59 Å². The summed E-state index contributed by atoms with van der Waals surface area (Å²) in [5.41, 5.74) is 0. The molecule has 1 aliphatic carbocycles. The molecule has 3 N–H and O–H groups in total. The topological polar surface area (TPSA) is 78.4 Å². The molecule has 1 aromatic rings. The van der Waals surface area contributed by atoms with Gasteiger partial charge in [0, 0.05) is 4.88 Å². The largest absolute Gasteiger partial charge is 0.480 e. The van der Waals surface area contributed by atoms with Crippen molar-refractivity contribution in [3.63, 3.8) is 0 Å². The predicted molar refractivity (Wildman–Crippen MR) is 68.8 cm³/mol. The van der Waals surface area contributed by atoms with Gasteiger partial charge in [-0.15, -0.1) is 11.3 Å². The van der Waals surface area contributed by atoms with Crippen LogP contribution in [0.15, 0.2) is 12.1 Å². The lowest BCUT2D eigenvalue weighted by Gasteiger charge is -2.13. The van der Waals surface area contributed by atoms with Gasteiger partial charge in [0.05, 0.1) is 10.9 Å². The van der Waals surface area contributed by atoms with Gasteiger partial charge in [-0.05, 0) is 30.9 Å². The maximum Gasteiger partial charge on any atom is 0.326 e. The SMILES string of the molecule is O=C(NCc1ccc(Cl)s1)NC(C(=O)O)C1CC1. The van der Waals surface area contributed by atoms with Crippen molar-refractivity contribution in [2.45, 2.75) is 25.4 Å². The standard InChI is InChI=1S/C11H13ClN2O3S/c12-8-4-3-7(18-8)5-13-11(17)14-9(10(15)16)6-1-2-6/h3-4,6,9H,1-2,5H2,(H,15,16)(H2,13,14,17). The number of carboxylic acid groups (broad SMARTS) is 1. The van der Waals surface area contributed by atoms with E-state index in [1.165, 1.54) is 11.3 Å². The number of nitrogens with one attached hydrogen (secondary N) is 2. The monoisotopic (exact) mass is 288 g/mol. The Morgan fingerprint density at radius 2 is 2.22 bits per heavy atom. The lowest BCUT2D eigenvalue weighted by molar-refractivity contribution is -0.139. The van der Waals surface area contributed by atoms with Crippen LogP contribution in [-0.2, 0) is 11.3 Å². The summed E-state index contributed by atoms with van der Waals surface area (Å²) in [5, 5.41) is 14.1. The van der Waals surface area contributed by atoms with Crippen LogP contribution in [0.2, 0.25) is 4.34 Å². The lowest BCUT2D eigenvalue weighted by Crippen LogP contribution is -2.46. The maximum atomic E-state index is 11.6. The number of aliphatic carboxylic acids is 1. The van der Waals surface area contributed by atoms with Gasteiger partial charge in [0.15, 0.2) is 0 Å².